The molecule has 2 aromatic rings. The van der Waals surface area contributed by atoms with E-state index in [2.05, 4.69) is 0 Å². The molecule has 0 bridgehead atoms. The van der Waals surface area contributed by atoms with Gasteiger partial charge in [-0.15, -0.1) is 11.3 Å². The summed E-state index contributed by atoms with van der Waals surface area (Å²) in [5.41, 5.74) is 1.65. The molecule has 0 spiro atoms. The molecule has 0 radical (unpaired) electrons. The van der Waals surface area contributed by atoms with Crippen LogP contribution in [0, 0.1) is 0 Å². The van der Waals surface area contributed by atoms with Crippen LogP contribution in [-0.2, 0) is 16.1 Å². The molecule has 1 aliphatic heterocycles. The van der Waals surface area contributed by atoms with Gasteiger partial charge in [-0.1, -0.05) is 12.1 Å². The predicted molar refractivity (Wildman–Crippen MR) is 105 cm³/mol. The van der Waals surface area contributed by atoms with Gasteiger partial charge in [-0.25, -0.2) is 4.98 Å². The van der Waals surface area contributed by atoms with Crippen LogP contribution in [0.15, 0.2) is 29.6 Å². The average molecular weight is 390 g/mol. The standard InChI is InChI=1S/C19H24N4O3S/c1-14(24)22-10-8-21(9-11-22)12-16-13-27-19(20-16)23(15(2)25)17-6-4-5-7-18(17)26-3/h4-7,13H,8-12H2,1-3H3/p+1. The summed E-state index contributed by atoms with van der Waals surface area (Å²) in [6, 6.07) is 7.44. The molecule has 0 saturated carbocycles. The maximum atomic E-state index is 12.3. The number of benzene rings is 1. The Morgan fingerprint density at radius 2 is 1.96 bits per heavy atom. The van der Waals surface area contributed by atoms with Gasteiger partial charge in [0.1, 0.15) is 18.0 Å². The molecular formula is C19H25N4O3S+. The van der Waals surface area contributed by atoms with Crippen LogP contribution >= 0.6 is 11.3 Å². The Balaban J connectivity index is 1.73. The third-order valence-corrected chi connectivity index (χ3v) is 5.59. The Morgan fingerprint density at radius 1 is 1.26 bits per heavy atom. The van der Waals surface area contributed by atoms with Crippen molar-refractivity contribution in [3.63, 3.8) is 0 Å². The van der Waals surface area contributed by atoms with Crippen molar-refractivity contribution in [1.29, 1.82) is 0 Å². The first kappa shape index (κ1) is 19.3. The minimum atomic E-state index is -0.109. The Hall–Kier alpha value is -2.45. The number of methoxy groups -OCH3 is 1. The van der Waals surface area contributed by atoms with Gasteiger partial charge in [0.2, 0.25) is 11.8 Å². The zero-order valence-electron chi connectivity index (χ0n) is 15.9. The SMILES string of the molecule is COc1ccccc1N(C(C)=O)c1nc(C[NH+]2CCN(C(C)=O)CC2)cs1. The highest BCUT2D eigenvalue weighted by Gasteiger charge is 2.24. The lowest BCUT2D eigenvalue weighted by Crippen LogP contribution is -3.13. The summed E-state index contributed by atoms with van der Waals surface area (Å²) in [6.45, 7) is 7.32. The van der Waals surface area contributed by atoms with Crippen molar-refractivity contribution < 1.29 is 19.2 Å². The minimum Gasteiger partial charge on any atom is -0.495 e. The highest BCUT2D eigenvalue weighted by Crippen LogP contribution is 2.35. The number of aromatic nitrogens is 1. The first-order valence-electron chi connectivity index (χ1n) is 8.96. The Bertz CT molecular complexity index is 815. The molecule has 1 fully saturated rings. The van der Waals surface area contributed by atoms with Gasteiger partial charge in [0.25, 0.3) is 0 Å². The molecule has 2 amide bonds. The summed E-state index contributed by atoms with van der Waals surface area (Å²) in [7, 11) is 1.59. The number of thiazole rings is 1. The van der Waals surface area contributed by atoms with Gasteiger partial charge in [0.15, 0.2) is 5.13 Å². The maximum Gasteiger partial charge on any atom is 0.230 e. The lowest BCUT2D eigenvalue weighted by Gasteiger charge is -2.31. The van der Waals surface area contributed by atoms with Crippen LogP contribution in [0.2, 0.25) is 0 Å². The van der Waals surface area contributed by atoms with Crippen LogP contribution in [0.4, 0.5) is 10.8 Å². The number of hydrogen-bond acceptors (Lipinski definition) is 5. The molecule has 1 aliphatic rings. The molecule has 1 saturated heterocycles. The fraction of sp³-hybridized carbons (Fsp3) is 0.421. The van der Waals surface area contributed by atoms with Gasteiger partial charge >= 0.3 is 0 Å². The average Bonchev–Trinajstić information content (AvgIpc) is 3.10. The molecule has 3 rings (SSSR count). The monoisotopic (exact) mass is 389 g/mol. The van der Waals surface area contributed by atoms with Crippen LogP contribution < -0.4 is 14.5 Å². The van der Waals surface area contributed by atoms with Crippen molar-refractivity contribution in [2.45, 2.75) is 20.4 Å². The number of hydrogen-bond donors (Lipinski definition) is 1. The quantitative estimate of drug-likeness (QED) is 0.831. The number of para-hydroxylation sites is 2. The fourth-order valence-corrected chi connectivity index (χ4v) is 4.15. The van der Waals surface area contributed by atoms with Crippen molar-refractivity contribution in [3.05, 3.63) is 35.3 Å². The van der Waals surface area contributed by atoms with E-state index < -0.39 is 0 Å². The van der Waals surface area contributed by atoms with E-state index >= 15 is 0 Å². The molecule has 144 valence electrons. The molecule has 0 atom stereocenters. The number of carbonyl (C=O) groups is 2. The Kier molecular flexibility index (Phi) is 6.08. The summed E-state index contributed by atoms with van der Waals surface area (Å²) >= 11 is 1.45. The van der Waals surface area contributed by atoms with E-state index in [1.165, 1.54) is 23.2 Å². The summed E-state index contributed by atoms with van der Waals surface area (Å²) in [5.74, 6) is 0.664. The molecule has 0 unspecified atom stereocenters. The van der Waals surface area contributed by atoms with Gasteiger partial charge < -0.3 is 14.5 Å². The molecule has 1 aromatic heterocycles. The minimum absolute atomic E-state index is 0.109. The second-order valence-corrected chi connectivity index (χ2v) is 7.42. The summed E-state index contributed by atoms with van der Waals surface area (Å²) < 4.78 is 5.40. The fourth-order valence-electron chi connectivity index (χ4n) is 3.27. The molecule has 27 heavy (non-hydrogen) atoms. The van der Waals surface area contributed by atoms with Crippen molar-refractivity contribution in [3.8, 4) is 5.75 Å². The van der Waals surface area contributed by atoms with Crippen molar-refractivity contribution in [2.75, 3.05) is 38.2 Å². The number of anilines is 2. The second-order valence-electron chi connectivity index (χ2n) is 6.58. The number of nitrogens with one attached hydrogen (secondary N) is 1. The Labute approximate surface area is 163 Å². The van der Waals surface area contributed by atoms with E-state index in [1.807, 2.05) is 34.5 Å². The van der Waals surface area contributed by atoms with E-state index in [9.17, 15) is 9.59 Å². The topological polar surface area (TPSA) is 67.2 Å². The molecule has 7 nitrogen and oxygen atoms in total. The van der Waals surface area contributed by atoms with E-state index in [0.29, 0.717) is 16.6 Å². The summed E-state index contributed by atoms with van der Waals surface area (Å²) in [5, 5.41) is 2.65. The molecule has 8 heteroatoms. The molecule has 0 aliphatic carbocycles. The summed E-state index contributed by atoms with van der Waals surface area (Å²) in [4.78, 5) is 33.3. The first-order valence-corrected chi connectivity index (χ1v) is 9.84. The third-order valence-electron chi connectivity index (χ3n) is 4.72. The molecule has 2 heterocycles. The normalized spacial score (nSPS) is 14.9. The van der Waals surface area contributed by atoms with Crippen LogP contribution in [0.1, 0.15) is 19.5 Å². The second kappa shape index (κ2) is 8.49. The number of piperazine rings is 1. The third kappa shape index (κ3) is 4.45. The maximum absolute atomic E-state index is 12.3. The lowest BCUT2D eigenvalue weighted by molar-refractivity contribution is -0.917. The number of rotatable bonds is 5. The first-order chi connectivity index (χ1) is 13.0. The molecule has 1 N–H and O–H groups in total. The van der Waals surface area contributed by atoms with Gasteiger partial charge in [0, 0.05) is 19.2 Å². The predicted octanol–water partition coefficient (Wildman–Crippen LogP) is 1.08. The smallest absolute Gasteiger partial charge is 0.230 e. The van der Waals surface area contributed by atoms with Crippen LogP contribution in [0.5, 0.6) is 5.75 Å². The number of carbonyl (C=O) groups excluding carboxylic acids is 2. The molecule has 1 aromatic carbocycles. The van der Waals surface area contributed by atoms with Crippen molar-refractivity contribution in [1.82, 2.24) is 9.88 Å². The van der Waals surface area contributed by atoms with E-state index in [4.69, 9.17) is 9.72 Å². The highest BCUT2D eigenvalue weighted by atomic mass is 32.1. The van der Waals surface area contributed by atoms with Gasteiger partial charge in [-0.05, 0) is 12.1 Å². The van der Waals surface area contributed by atoms with Gasteiger partial charge in [-0.3, -0.25) is 14.5 Å². The Morgan fingerprint density at radius 3 is 2.59 bits per heavy atom. The zero-order valence-corrected chi connectivity index (χ0v) is 16.7. The van der Waals surface area contributed by atoms with Gasteiger partial charge in [-0.2, -0.15) is 0 Å². The largest absolute Gasteiger partial charge is 0.495 e. The zero-order chi connectivity index (χ0) is 19.4. The van der Waals surface area contributed by atoms with E-state index in [0.717, 1.165) is 38.4 Å². The van der Waals surface area contributed by atoms with E-state index in [-0.39, 0.29) is 11.8 Å². The number of amides is 2. The van der Waals surface area contributed by atoms with Crippen molar-refractivity contribution in [2.24, 2.45) is 0 Å². The number of quaternary nitrogens is 1. The number of nitrogens with zero attached hydrogens (tertiary/aromatic N) is 3. The van der Waals surface area contributed by atoms with Gasteiger partial charge in [0.05, 0.1) is 39.0 Å². The highest BCUT2D eigenvalue weighted by molar-refractivity contribution is 7.14. The molecular weight excluding hydrogens is 364 g/mol. The van der Waals surface area contributed by atoms with Crippen LogP contribution in [0.3, 0.4) is 0 Å². The summed E-state index contributed by atoms with van der Waals surface area (Å²) in [6.07, 6.45) is 0. The number of ether oxygens (including phenoxy) is 1. The lowest BCUT2D eigenvalue weighted by atomic mass is 10.2. The van der Waals surface area contributed by atoms with Crippen LogP contribution in [0.25, 0.3) is 0 Å². The van der Waals surface area contributed by atoms with E-state index in [1.54, 1.807) is 18.9 Å². The van der Waals surface area contributed by atoms with Crippen molar-refractivity contribution >= 4 is 34.0 Å². The van der Waals surface area contributed by atoms with Crippen LogP contribution in [-0.4, -0.2) is 55.0 Å².